The highest BCUT2D eigenvalue weighted by Gasteiger charge is 2.22. The topological polar surface area (TPSA) is 71.6 Å². The van der Waals surface area contributed by atoms with Crippen LogP contribution in [0.1, 0.15) is 11.7 Å². The fourth-order valence-corrected chi connectivity index (χ4v) is 2.45. The van der Waals surface area contributed by atoms with Crippen molar-refractivity contribution in [2.75, 3.05) is 26.2 Å². The van der Waals surface area contributed by atoms with Gasteiger partial charge in [0.1, 0.15) is 0 Å². The molecule has 1 atom stereocenters. The number of pyridine rings is 1. The Morgan fingerprint density at radius 3 is 3.10 bits per heavy atom. The van der Waals surface area contributed by atoms with Crippen LogP contribution in [0.15, 0.2) is 29.2 Å². The van der Waals surface area contributed by atoms with Gasteiger partial charge in [-0.3, -0.25) is 9.69 Å². The van der Waals surface area contributed by atoms with E-state index in [-0.39, 0.29) is 18.5 Å². The SMILES string of the molecule is C[C@@H]1CNCCN1CC(=O)n1nc2ccccn2c1=O. The highest BCUT2D eigenvalue weighted by Crippen LogP contribution is 2.02. The van der Waals surface area contributed by atoms with Gasteiger partial charge in [-0.2, -0.15) is 0 Å². The van der Waals surface area contributed by atoms with Crippen LogP contribution in [-0.2, 0) is 0 Å². The van der Waals surface area contributed by atoms with E-state index >= 15 is 0 Å². The van der Waals surface area contributed by atoms with Crippen molar-refractivity contribution in [3.05, 3.63) is 34.9 Å². The zero-order chi connectivity index (χ0) is 14.1. The lowest BCUT2D eigenvalue weighted by Crippen LogP contribution is -2.52. The van der Waals surface area contributed by atoms with E-state index in [1.807, 2.05) is 0 Å². The minimum Gasteiger partial charge on any atom is -0.314 e. The first-order chi connectivity index (χ1) is 9.66. The Hall–Kier alpha value is -1.99. The first kappa shape index (κ1) is 13.0. The minimum atomic E-state index is -0.409. The zero-order valence-corrected chi connectivity index (χ0v) is 11.3. The van der Waals surface area contributed by atoms with Gasteiger partial charge in [0.2, 0.25) is 0 Å². The van der Waals surface area contributed by atoms with E-state index in [1.165, 1.54) is 4.40 Å². The largest absolute Gasteiger partial charge is 0.357 e. The summed E-state index contributed by atoms with van der Waals surface area (Å²) in [6, 6.07) is 5.51. The van der Waals surface area contributed by atoms with E-state index in [0.29, 0.717) is 5.65 Å². The van der Waals surface area contributed by atoms with Crippen LogP contribution in [0.3, 0.4) is 0 Å². The second-order valence-corrected chi connectivity index (χ2v) is 5.04. The molecule has 1 aliphatic rings. The number of nitrogens with zero attached hydrogens (tertiary/aromatic N) is 4. The molecule has 1 N–H and O–H groups in total. The molecule has 0 unspecified atom stereocenters. The maximum Gasteiger partial charge on any atom is 0.357 e. The number of carbonyl (C=O) groups is 1. The van der Waals surface area contributed by atoms with Crippen molar-refractivity contribution in [1.82, 2.24) is 24.4 Å². The van der Waals surface area contributed by atoms with Gasteiger partial charge in [0.15, 0.2) is 5.65 Å². The average molecular weight is 275 g/mol. The molecule has 1 aliphatic heterocycles. The summed E-state index contributed by atoms with van der Waals surface area (Å²) >= 11 is 0. The number of hydrogen-bond donors (Lipinski definition) is 1. The Kier molecular flexibility index (Phi) is 3.37. The number of carbonyl (C=O) groups excluding carboxylic acids is 1. The van der Waals surface area contributed by atoms with E-state index < -0.39 is 5.69 Å². The number of nitrogens with one attached hydrogen (secondary N) is 1. The fraction of sp³-hybridized carbons (Fsp3) is 0.462. The first-order valence-corrected chi connectivity index (χ1v) is 6.71. The third-order valence-electron chi connectivity index (χ3n) is 3.64. The van der Waals surface area contributed by atoms with Crippen LogP contribution in [0.5, 0.6) is 0 Å². The maximum atomic E-state index is 12.3. The summed E-state index contributed by atoms with van der Waals surface area (Å²) in [6.45, 7) is 4.79. The monoisotopic (exact) mass is 275 g/mol. The van der Waals surface area contributed by atoms with E-state index in [2.05, 4.69) is 22.2 Å². The van der Waals surface area contributed by atoms with Gasteiger partial charge in [-0.1, -0.05) is 6.07 Å². The van der Waals surface area contributed by atoms with Gasteiger partial charge in [0, 0.05) is 31.9 Å². The molecule has 1 saturated heterocycles. The number of rotatable bonds is 2. The molecule has 20 heavy (non-hydrogen) atoms. The quantitative estimate of drug-likeness (QED) is 0.795. The molecule has 7 heteroatoms. The molecule has 0 saturated carbocycles. The van der Waals surface area contributed by atoms with Gasteiger partial charge in [-0.05, 0) is 19.1 Å². The summed E-state index contributed by atoms with van der Waals surface area (Å²) in [5.41, 5.74) is 0.0765. The van der Waals surface area contributed by atoms with Crippen LogP contribution in [0.2, 0.25) is 0 Å². The van der Waals surface area contributed by atoms with Crippen LogP contribution in [0.4, 0.5) is 0 Å². The molecule has 106 valence electrons. The summed E-state index contributed by atoms with van der Waals surface area (Å²) in [6.07, 6.45) is 1.61. The Labute approximate surface area is 115 Å². The van der Waals surface area contributed by atoms with Crippen molar-refractivity contribution >= 4 is 11.6 Å². The molecular weight excluding hydrogens is 258 g/mol. The van der Waals surface area contributed by atoms with Crippen molar-refractivity contribution in [2.24, 2.45) is 0 Å². The standard InChI is InChI=1S/C13H17N5O2/c1-10-8-14-5-7-16(10)9-12(19)18-13(20)17-6-3-2-4-11(17)15-18/h2-4,6,10,14H,5,7-9H2,1H3/t10-/m1/s1. The number of fused-ring (bicyclic) bond motifs is 1. The number of aromatic nitrogens is 3. The van der Waals surface area contributed by atoms with Crippen LogP contribution in [0, 0.1) is 0 Å². The predicted octanol–water partition coefficient (Wildman–Crippen LogP) is -0.570. The molecule has 0 radical (unpaired) electrons. The Bertz CT molecular complexity index is 689. The summed E-state index contributed by atoms with van der Waals surface area (Å²) in [5, 5.41) is 7.35. The normalized spacial score (nSPS) is 20.4. The fourth-order valence-electron chi connectivity index (χ4n) is 2.45. The van der Waals surface area contributed by atoms with Crippen LogP contribution in [-0.4, -0.2) is 57.2 Å². The van der Waals surface area contributed by atoms with E-state index in [9.17, 15) is 9.59 Å². The van der Waals surface area contributed by atoms with Gasteiger partial charge in [0.05, 0.1) is 6.54 Å². The minimum absolute atomic E-state index is 0.215. The predicted molar refractivity (Wildman–Crippen MR) is 74.0 cm³/mol. The maximum absolute atomic E-state index is 12.3. The van der Waals surface area contributed by atoms with Crippen molar-refractivity contribution in [3.8, 4) is 0 Å². The molecule has 0 aliphatic carbocycles. The molecule has 2 aromatic rings. The second-order valence-electron chi connectivity index (χ2n) is 5.04. The van der Waals surface area contributed by atoms with Gasteiger partial charge >= 0.3 is 5.69 Å². The summed E-state index contributed by atoms with van der Waals surface area (Å²) in [4.78, 5) is 26.4. The van der Waals surface area contributed by atoms with Gasteiger partial charge < -0.3 is 5.32 Å². The Balaban J connectivity index is 1.85. The second kappa shape index (κ2) is 5.18. The number of hydrogen-bond acceptors (Lipinski definition) is 5. The van der Waals surface area contributed by atoms with Crippen molar-refractivity contribution in [3.63, 3.8) is 0 Å². The summed E-state index contributed by atoms with van der Waals surface area (Å²) in [5.74, 6) is -0.285. The molecule has 0 amide bonds. The third-order valence-corrected chi connectivity index (χ3v) is 3.64. The van der Waals surface area contributed by atoms with Crippen LogP contribution in [0.25, 0.3) is 5.65 Å². The third kappa shape index (κ3) is 2.25. The lowest BCUT2D eigenvalue weighted by molar-refractivity contribution is 0.0772. The molecule has 0 spiro atoms. The van der Waals surface area contributed by atoms with Gasteiger partial charge in [0.25, 0.3) is 5.91 Å². The smallest absolute Gasteiger partial charge is 0.314 e. The van der Waals surface area contributed by atoms with E-state index in [0.717, 1.165) is 24.3 Å². The molecule has 1 fully saturated rings. The number of piperazine rings is 1. The van der Waals surface area contributed by atoms with Gasteiger partial charge in [-0.15, -0.1) is 9.78 Å². The van der Waals surface area contributed by atoms with E-state index in [1.54, 1.807) is 24.4 Å². The lowest BCUT2D eigenvalue weighted by atomic mass is 10.2. The molecule has 3 rings (SSSR count). The molecule has 2 aromatic heterocycles. The van der Waals surface area contributed by atoms with Crippen LogP contribution < -0.4 is 11.0 Å². The van der Waals surface area contributed by atoms with Crippen LogP contribution >= 0.6 is 0 Å². The molecule has 3 heterocycles. The van der Waals surface area contributed by atoms with E-state index in [4.69, 9.17) is 0 Å². The highest BCUT2D eigenvalue weighted by molar-refractivity contribution is 5.80. The lowest BCUT2D eigenvalue weighted by Gasteiger charge is -2.32. The highest BCUT2D eigenvalue weighted by atomic mass is 16.2. The van der Waals surface area contributed by atoms with Crippen molar-refractivity contribution < 1.29 is 4.79 Å². The molecule has 0 bridgehead atoms. The summed E-state index contributed by atoms with van der Waals surface area (Å²) < 4.78 is 2.34. The van der Waals surface area contributed by atoms with Crippen molar-refractivity contribution in [2.45, 2.75) is 13.0 Å². The molecular formula is C13H17N5O2. The summed E-state index contributed by atoms with van der Waals surface area (Å²) in [7, 11) is 0. The molecule has 7 nitrogen and oxygen atoms in total. The Morgan fingerprint density at radius 2 is 2.35 bits per heavy atom. The van der Waals surface area contributed by atoms with Crippen molar-refractivity contribution in [1.29, 1.82) is 0 Å². The van der Waals surface area contributed by atoms with Gasteiger partial charge in [-0.25, -0.2) is 9.20 Å². The average Bonchev–Trinajstić information content (AvgIpc) is 2.79. The Morgan fingerprint density at radius 1 is 1.50 bits per heavy atom. The molecule has 0 aromatic carbocycles. The first-order valence-electron chi connectivity index (χ1n) is 6.71. The zero-order valence-electron chi connectivity index (χ0n) is 11.3.